The van der Waals surface area contributed by atoms with Crippen LogP contribution in [-0.4, -0.2) is 18.1 Å². The average molecular weight is 287 g/mol. The summed E-state index contributed by atoms with van der Waals surface area (Å²) in [7, 11) is 0. The third-order valence-corrected chi connectivity index (χ3v) is 3.49. The molecule has 0 aliphatic carbocycles. The Kier molecular flexibility index (Phi) is 4.32. The Balaban J connectivity index is 1.86. The van der Waals surface area contributed by atoms with Crippen molar-refractivity contribution < 1.29 is 4.39 Å². The summed E-state index contributed by atoms with van der Waals surface area (Å²) in [4.78, 5) is 0. The lowest BCUT2D eigenvalue weighted by molar-refractivity contribution is 0.151. The van der Waals surface area contributed by atoms with Crippen LogP contribution in [0.3, 0.4) is 0 Å². The van der Waals surface area contributed by atoms with Gasteiger partial charge in [-0.15, -0.1) is 0 Å². The highest BCUT2D eigenvalue weighted by Crippen LogP contribution is 2.16. The van der Waals surface area contributed by atoms with Crippen LogP contribution in [0.25, 0.3) is 0 Å². The van der Waals surface area contributed by atoms with E-state index in [4.69, 9.17) is 0 Å². The van der Waals surface area contributed by atoms with E-state index in [-0.39, 0.29) is 5.82 Å². The first-order valence-electron chi connectivity index (χ1n) is 5.68. The van der Waals surface area contributed by atoms with Crippen LogP contribution in [0.2, 0.25) is 0 Å². The van der Waals surface area contributed by atoms with E-state index in [0.29, 0.717) is 11.0 Å². The number of nitrogens with one attached hydrogen (secondary N) is 1. The molecule has 1 aliphatic rings. The average Bonchev–Trinajstić information content (AvgIpc) is 2.32. The smallest absolute Gasteiger partial charge is 0.137 e. The zero-order chi connectivity index (χ0) is 11.4. The van der Waals surface area contributed by atoms with Crippen LogP contribution in [0, 0.1) is 5.82 Å². The largest absolute Gasteiger partial charge is 0.251 e. The highest BCUT2D eigenvalue weighted by molar-refractivity contribution is 9.10. The standard InChI is InChI=1S/C12H16BrFN2/c13-11-5-4-10(8-12(11)14)9-15-16-6-2-1-3-7-16/h4-5,8,15H,1-3,6-7,9H2. The summed E-state index contributed by atoms with van der Waals surface area (Å²) >= 11 is 3.15. The first-order valence-corrected chi connectivity index (χ1v) is 6.47. The van der Waals surface area contributed by atoms with Crippen LogP contribution in [0.5, 0.6) is 0 Å². The van der Waals surface area contributed by atoms with Crippen LogP contribution >= 0.6 is 15.9 Å². The van der Waals surface area contributed by atoms with Crippen molar-refractivity contribution in [2.75, 3.05) is 13.1 Å². The molecule has 0 aromatic heterocycles. The summed E-state index contributed by atoms with van der Waals surface area (Å²) < 4.78 is 13.8. The molecule has 2 nitrogen and oxygen atoms in total. The van der Waals surface area contributed by atoms with Crippen LogP contribution in [0.4, 0.5) is 4.39 Å². The van der Waals surface area contributed by atoms with Crippen molar-refractivity contribution in [1.29, 1.82) is 0 Å². The number of hydrogen-bond donors (Lipinski definition) is 1. The molecule has 1 saturated heterocycles. The summed E-state index contributed by atoms with van der Waals surface area (Å²) in [6.07, 6.45) is 3.83. The van der Waals surface area contributed by atoms with Gasteiger partial charge < -0.3 is 0 Å². The molecule has 0 saturated carbocycles. The summed E-state index contributed by atoms with van der Waals surface area (Å²) in [5.41, 5.74) is 4.31. The van der Waals surface area contributed by atoms with Crippen LogP contribution in [0.15, 0.2) is 22.7 Å². The lowest BCUT2D eigenvalue weighted by Gasteiger charge is -2.27. The van der Waals surface area contributed by atoms with Gasteiger partial charge in [0.1, 0.15) is 5.82 Å². The SMILES string of the molecule is Fc1cc(CNN2CCCCC2)ccc1Br. The van der Waals surface area contributed by atoms with E-state index >= 15 is 0 Å². The highest BCUT2D eigenvalue weighted by atomic mass is 79.9. The van der Waals surface area contributed by atoms with Gasteiger partial charge in [0.25, 0.3) is 0 Å². The van der Waals surface area contributed by atoms with E-state index in [1.807, 2.05) is 6.07 Å². The quantitative estimate of drug-likeness (QED) is 0.919. The highest BCUT2D eigenvalue weighted by Gasteiger charge is 2.09. The molecule has 1 heterocycles. The van der Waals surface area contributed by atoms with E-state index in [1.54, 1.807) is 12.1 Å². The first kappa shape index (κ1) is 12.0. The van der Waals surface area contributed by atoms with Crippen molar-refractivity contribution in [3.05, 3.63) is 34.1 Å². The number of hydrogen-bond acceptors (Lipinski definition) is 2. The summed E-state index contributed by atoms with van der Waals surface area (Å²) in [6, 6.07) is 5.26. The van der Waals surface area contributed by atoms with Gasteiger partial charge in [-0.2, -0.15) is 0 Å². The van der Waals surface area contributed by atoms with Gasteiger partial charge in [-0.25, -0.2) is 9.40 Å². The van der Waals surface area contributed by atoms with Gasteiger partial charge in [-0.1, -0.05) is 12.5 Å². The fraction of sp³-hybridized carbons (Fsp3) is 0.500. The molecule has 4 heteroatoms. The molecule has 0 bridgehead atoms. The van der Waals surface area contributed by atoms with E-state index in [2.05, 4.69) is 26.4 Å². The number of halogens is 2. The Hall–Kier alpha value is -0.450. The van der Waals surface area contributed by atoms with Gasteiger partial charge in [-0.05, 0) is 46.5 Å². The van der Waals surface area contributed by atoms with Crippen molar-refractivity contribution in [3.8, 4) is 0 Å². The maximum atomic E-state index is 13.3. The topological polar surface area (TPSA) is 15.3 Å². The third kappa shape index (κ3) is 3.27. The third-order valence-electron chi connectivity index (χ3n) is 2.85. The molecule has 1 aromatic rings. The minimum absolute atomic E-state index is 0.196. The molecule has 2 rings (SSSR count). The van der Waals surface area contributed by atoms with Crippen molar-refractivity contribution >= 4 is 15.9 Å². The van der Waals surface area contributed by atoms with Crippen molar-refractivity contribution in [3.63, 3.8) is 0 Å². The molecule has 0 spiro atoms. The van der Waals surface area contributed by atoms with E-state index in [1.165, 1.54) is 19.3 Å². The van der Waals surface area contributed by atoms with Crippen LogP contribution in [-0.2, 0) is 6.54 Å². The van der Waals surface area contributed by atoms with Gasteiger partial charge in [0.05, 0.1) is 4.47 Å². The lowest BCUT2D eigenvalue weighted by atomic mass is 10.2. The van der Waals surface area contributed by atoms with Crippen molar-refractivity contribution in [2.45, 2.75) is 25.8 Å². The van der Waals surface area contributed by atoms with Gasteiger partial charge in [0, 0.05) is 19.6 Å². The molecular weight excluding hydrogens is 271 g/mol. The Bertz CT molecular complexity index is 351. The molecular formula is C12H16BrFN2. The number of piperidine rings is 1. The zero-order valence-corrected chi connectivity index (χ0v) is 10.8. The molecule has 1 aliphatic heterocycles. The zero-order valence-electron chi connectivity index (χ0n) is 9.18. The molecule has 0 amide bonds. The van der Waals surface area contributed by atoms with Gasteiger partial charge in [0.2, 0.25) is 0 Å². The van der Waals surface area contributed by atoms with E-state index in [9.17, 15) is 4.39 Å². The first-order chi connectivity index (χ1) is 7.75. The maximum Gasteiger partial charge on any atom is 0.137 e. The molecule has 0 radical (unpaired) electrons. The van der Waals surface area contributed by atoms with Crippen molar-refractivity contribution in [2.24, 2.45) is 0 Å². The number of benzene rings is 1. The van der Waals surface area contributed by atoms with Crippen molar-refractivity contribution in [1.82, 2.24) is 10.4 Å². The second-order valence-electron chi connectivity index (χ2n) is 4.13. The van der Waals surface area contributed by atoms with Gasteiger partial charge in [0.15, 0.2) is 0 Å². The summed E-state index contributed by atoms with van der Waals surface area (Å²) in [5.74, 6) is -0.196. The van der Waals surface area contributed by atoms with Crippen LogP contribution in [0.1, 0.15) is 24.8 Å². The fourth-order valence-corrected chi connectivity index (χ4v) is 2.15. The molecule has 1 N–H and O–H groups in total. The predicted molar refractivity (Wildman–Crippen MR) is 66.4 cm³/mol. The van der Waals surface area contributed by atoms with Gasteiger partial charge in [-0.3, -0.25) is 5.43 Å². The monoisotopic (exact) mass is 286 g/mol. The predicted octanol–water partition coefficient (Wildman–Crippen LogP) is 3.08. The minimum atomic E-state index is -0.196. The minimum Gasteiger partial charge on any atom is -0.251 e. The normalized spacial score (nSPS) is 17.6. The maximum absolute atomic E-state index is 13.3. The Morgan fingerprint density at radius 3 is 2.69 bits per heavy atom. The number of nitrogens with zero attached hydrogens (tertiary/aromatic N) is 1. The number of rotatable bonds is 3. The van der Waals surface area contributed by atoms with E-state index in [0.717, 1.165) is 18.7 Å². The second kappa shape index (κ2) is 5.75. The lowest BCUT2D eigenvalue weighted by Crippen LogP contribution is -2.41. The second-order valence-corrected chi connectivity index (χ2v) is 4.99. The number of hydrazine groups is 1. The Morgan fingerprint density at radius 1 is 1.25 bits per heavy atom. The molecule has 0 unspecified atom stereocenters. The Morgan fingerprint density at radius 2 is 2.00 bits per heavy atom. The van der Waals surface area contributed by atoms with Gasteiger partial charge >= 0.3 is 0 Å². The molecule has 16 heavy (non-hydrogen) atoms. The molecule has 1 fully saturated rings. The molecule has 0 atom stereocenters. The summed E-state index contributed by atoms with van der Waals surface area (Å²) in [5, 5.41) is 2.23. The molecule has 1 aromatic carbocycles. The van der Waals surface area contributed by atoms with Crippen LogP contribution < -0.4 is 5.43 Å². The van der Waals surface area contributed by atoms with E-state index < -0.39 is 0 Å². The Labute approximate surface area is 104 Å². The molecule has 88 valence electrons. The fourth-order valence-electron chi connectivity index (χ4n) is 1.90. The summed E-state index contributed by atoms with van der Waals surface area (Å²) in [6.45, 7) is 2.89.